The summed E-state index contributed by atoms with van der Waals surface area (Å²) in [6.45, 7) is 3.60. The smallest absolute Gasteiger partial charge is 0.250 e. The van der Waals surface area contributed by atoms with Gasteiger partial charge in [0.05, 0.1) is 17.2 Å². The van der Waals surface area contributed by atoms with Crippen LogP contribution < -0.4 is 15.8 Å². The number of hydrogen-bond acceptors (Lipinski definition) is 8. The summed E-state index contributed by atoms with van der Waals surface area (Å²) >= 11 is 1.06. The third kappa shape index (κ3) is 9.58. The summed E-state index contributed by atoms with van der Waals surface area (Å²) in [6, 6.07) is 18.0. The Balaban J connectivity index is 1.41. The normalized spacial score (nSPS) is 13.7. The van der Waals surface area contributed by atoms with Gasteiger partial charge in [0.15, 0.2) is 0 Å². The number of unbranched alkanes of at least 4 members (excludes halogenated alkanes) is 1. The largest absolute Gasteiger partial charge is 0.396 e. The molecule has 0 aliphatic heterocycles. The lowest BCUT2D eigenvalue weighted by atomic mass is 10.0. The molecule has 0 radical (unpaired) electrons. The van der Waals surface area contributed by atoms with Crippen molar-refractivity contribution < 1.29 is 31.1 Å². The van der Waals surface area contributed by atoms with Gasteiger partial charge in [-0.15, -0.1) is 11.3 Å². The van der Waals surface area contributed by atoms with Crippen LogP contribution in [0.1, 0.15) is 38.7 Å². The molecule has 0 fully saturated rings. The van der Waals surface area contributed by atoms with Crippen molar-refractivity contribution in [2.45, 2.75) is 60.7 Å². The number of amides is 1. The highest BCUT2D eigenvalue weighted by molar-refractivity contribution is 7.91. The van der Waals surface area contributed by atoms with Gasteiger partial charge < -0.3 is 16.2 Å². The molecule has 14 heteroatoms. The fourth-order valence-electron chi connectivity index (χ4n) is 5.24. The minimum Gasteiger partial charge on any atom is -0.396 e. The van der Waals surface area contributed by atoms with Crippen molar-refractivity contribution in [2.24, 2.45) is 5.92 Å². The van der Waals surface area contributed by atoms with Gasteiger partial charge in [-0.25, -0.2) is 21.2 Å². The van der Waals surface area contributed by atoms with Gasteiger partial charge in [0.1, 0.15) is 16.1 Å². The molecule has 0 aliphatic carbocycles. The van der Waals surface area contributed by atoms with Crippen molar-refractivity contribution in [1.29, 1.82) is 0 Å². The van der Waals surface area contributed by atoms with Crippen LogP contribution in [0.25, 0.3) is 10.8 Å². The van der Waals surface area contributed by atoms with Crippen LogP contribution in [0.5, 0.6) is 0 Å². The van der Waals surface area contributed by atoms with Gasteiger partial charge in [0, 0.05) is 19.1 Å². The molecule has 1 aromatic heterocycles. The molecule has 2 atom stereocenters. The summed E-state index contributed by atoms with van der Waals surface area (Å²) in [5.41, 5.74) is 6.13. The third-order valence-corrected chi connectivity index (χ3v) is 12.4. The predicted molar refractivity (Wildman–Crippen MR) is 183 cm³/mol. The summed E-state index contributed by atoms with van der Waals surface area (Å²) in [7, 11) is -8.05. The Labute approximate surface area is 279 Å². The molecule has 0 bridgehead atoms. The molecule has 4 aromatic rings. The van der Waals surface area contributed by atoms with Crippen LogP contribution in [0.4, 0.5) is 10.1 Å². The standard InChI is InChI=1S/C33H41FN4O6S3/c1-23(2)21-38(47(43,44)28-14-15-29(34)30(35)20-28)27(22-39)10-5-6-16-36-33(40)31(37-46(41,42)32-11-7-17-45-32)19-24-12-13-25-8-3-4-9-26(25)18-24/h3-4,7-9,11-15,17-18,20,23,27,31,37,39H,5-6,10,16,19,21-22,35H2,1-2H3,(H,36,40)/t27-,31-/m0/s1. The molecule has 1 heterocycles. The molecule has 3 aromatic carbocycles. The third-order valence-electron chi connectivity index (χ3n) is 7.63. The number of halogens is 1. The van der Waals surface area contributed by atoms with Crippen molar-refractivity contribution in [3.05, 3.63) is 89.6 Å². The van der Waals surface area contributed by atoms with Gasteiger partial charge in [0.25, 0.3) is 10.0 Å². The van der Waals surface area contributed by atoms with E-state index in [-0.39, 0.29) is 40.2 Å². The quantitative estimate of drug-likeness (QED) is 0.0931. The fraction of sp³-hybridized carbons (Fsp3) is 0.364. The van der Waals surface area contributed by atoms with E-state index in [0.29, 0.717) is 19.3 Å². The average molecular weight is 705 g/mol. The van der Waals surface area contributed by atoms with Gasteiger partial charge in [0.2, 0.25) is 15.9 Å². The number of aliphatic hydroxyl groups is 1. The number of anilines is 1. The zero-order chi connectivity index (χ0) is 34.2. The fourth-order valence-corrected chi connectivity index (χ4v) is 9.29. The van der Waals surface area contributed by atoms with Crippen molar-refractivity contribution in [2.75, 3.05) is 25.4 Å². The molecule has 0 aliphatic rings. The topological polar surface area (TPSA) is 159 Å². The Hall–Kier alpha value is -3.40. The summed E-state index contributed by atoms with van der Waals surface area (Å²) in [6.07, 6.45) is 1.32. The minimum absolute atomic E-state index is 0.0617. The number of nitrogens with one attached hydrogen (secondary N) is 2. The Kier molecular flexibility index (Phi) is 12.5. The van der Waals surface area contributed by atoms with E-state index in [9.17, 15) is 31.1 Å². The second-order valence-electron chi connectivity index (χ2n) is 11.8. The Morgan fingerprint density at radius 3 is 2.38 bits per heavy atom. The number of nitrogens with zero attached hydrogens (tertiary/aromatic N) is 1. The van der Waals surface area contributed by atoms with E-state index >= 15 is 0 Å². The number of sulfonamides is 2. The van der Waals surface area contributed by atoms with Crippen LogP contribution in [0.2, 0.25) is 0 Å². The number of aliphatic hydroxyl groups excluding tert-OH is 1. The summed E-state index contributed by atoms with van der Waals surface area (Å²) < 4.78 is 70.8. The lowest BCUT2D eigenvalue weighted by Crippen LogP contribution is -2.48. The maximum Gasteiger partial charge on any atom is 0.250 e. The van der Waals surface area contributed by atoms with Gasteiger partial charge in [-0.1, -0.05) is 68.8 Å². The highest BCUT2D eigenvalue weighted by atomic mass is 32.2. The number of thiophene rings is 1. The van der Waals surface area contributed by atoms with Crippen LogP contribution in [0, 0.1) is 11.7 Å². The number of nitrogens with two attached hydrogens (primary N) is 1. The summed E-state index contributed by atoms with van der Waals surface area (Å²) in [5, 5.41) is 16.7. The average Bonchev–Trinajstić information content (AvgIpc) is 3.59. The van der Waals surface area contributed by atoms with Crippen molar-refractivity contribution in [3.63, 3.8) is 0 Å². The van der Waals surface area contributed by atoms with E-state index in [2.05, 4.69) is 10.0 Å². The number of fused-ring (bicyclic) bond motifs is 1. The SMILES string of the molecule is CC(C)CN([C@H](CO)CCCCNC(=O)[C@H](Cc1ccc2ccccc2c1)NS(=O)(=O)c1cccs1)S(=O)(=O)c1ccc(F)c(N)c1. The molecule has 254 valence electrons. The maximum atomic E-state index is 13.7. The lowest BCUT2D eigenvalue weighted by Gasteiger charge is -2.31. The summed E-state index contributed by atoms with van der Waals surface area (Å²) in [5.74, 6) is -1.28. The Morgan fingerprint density at radius 2 is 1.72 bits per heavy atom. The van der Waals surface area contributed by atoms with Gasteiger partial charge >= 0.3 is 0 Å². The molecular formula is C33H41FN4O6S3. The molecular weight excluding hydrogens is 664 g/mol. The molecule has 0 saturated heterocycles. The minimum atomic E-state index is -4.10. The van der Waals surface area contributed by atoms with Crippen LogP contribution in [0.3, 0.4) is 0 Å². The molecule has 0 spiro atoms. The molecule has 0 unspecified atom stereocenters. The van der Waals surface area contributed by atoms with Gasteiger partial charge in [-0.3, -0.25) is 4.79 Å². The molecule has 1 amide bonds. The number of carbonyl (C=O) groups is 1. The van der Waals surface area contributed by atoms with E-state index in [1.807, 2.05) is 56.3 Å². The first-order valence-electron chi connectivity index (χ1n) is 15.3. The summed E-state index contributed by atoms with van der Waals surface area (Å²) in [4.78, 5) is 13.2. The van der Waals surface area contributed by atoms with Crippen molar-refractivity contribution in [1.82, 2.24) is 14.3 Å². The number of rotatable bonds is 17. The first-order chi connectivity index (χ1) is 22.3. The van der Waals surface area contributed by atoms with Crippen LogP contribution in [0.15, 0.2) is 87.3 Å². The predicted octanol–water partition coefficient (Wildman–Crippen LogP) is 4.51. The highest BCUT2D eigenvalue weighted by Gasteiger charge is 2.32. The molecule has 5 N–H and O–H groups in total. The van der Waals surface area contributed by atoms with Crippen LogP contribution in [-0.2, 0) is 31.3 Å². The molecule has 4 rings (SSSR count). The zero-order valence-corrected chi connectivity index (χ0v) is 28.8. The number of carbonyl (C=O) groups excluding carboxylic acids is 1. The lowest BCUT2D eigenvalue weighted by molar-refractivity contribution is -0.122. The van der Waals surface area contributed by atoms with Crippen molar-refractivity contribution >= 4 is 53.8 Å². The van der Waals surface area contributed by atoms with Crippen molar-refractivity contribution in [3.8, 4) is 0 Å². The molecule has 47 heavy (non-hydrogen) atoms. The van der Waals surface area contributed by atoms with Gasteiger partial charge in [-0.2, -0.15) is 9.03 Å². The Bertz CT molecular complexity index is 1870. The Morgan fingerprint density at radius 1 is 0.979 bits per heavy atom. The van der Waals surface area contributed by atoms with E-state index in [0.717, 1.165) is 45.9 Å². The van der Waals surface area contributed by atoms with E-state index < -0.39 is 50.5 Å². The van der Waals surface area contributed by atoms with E-state index in [1.165, 1.54) is 10.4 Å². The first-order valence-corrected chi connectivity index (χ1v) is 19.1. The number of benzene rings is 3. The number of hydrogen-bond donors (Lipinski definition) is 4. The van der Waals surface area contributed by atoms with Crippen LogP contribution in [-0.4, -0.2) is 63.9 Å². The molecule has 0 saturated carbocycles. The second kappa shape index (κ2) is 16.1. The number of nitrogen functional groups attached to an aromatic ring is 1. The van der Waals surface area contributed by atoms with Gasteiger partial charge in [-0.05, 0) is 71.2 Å². The highest BCUT2D eigenvalue weighted by Crippen LogP contribution is 2.25. The maximum absolute atomic E-state index is 13.7. The van der Waals surface area contributed by atoms with E-state index in [1.54, 1.807) is 11.4 Å². The van der Waals surface area contributed by atoms with Crippen LogP contribution >= 0.6 is 11.3 Å². The second-order valence-corrected chi connectivity index (χ2v) is 16.5. The monoisotopic (exact) mass is 704 g/mol. The molecule has 10 nitrogen and oxygen atoms in total. The first kappa shape index (κ1) is 36.4. The zero-order valence-electron chi connectivity index (χ0n) is 26.3. The van der Waals surface area contributed by atoms with E-state index in [4.69, 9.17) is 5.73 Å².